The number of nitrogens with one attached hydrogen (secondary N) is 1. The fourth-order valence-corrected chi connectivity index (χ4v) is 3.33. The fourth-order valence-electron chi connectivity index (χ4n) is 2.75. The Hall–Kier alpha value is -1.19. The summed E-state index contributed by atoms with van der Waals surface area (Å²) in [4.78, 5) is 4.49. The molecule has 1 atom stereocenters. The minimum absolute atomic E-state index is 0.233. The summed E-state index contributed by atoms with van der Waals surface area (Å²) in [5.74, 6) is 0.811. The van der Waals surface area contributed by atoms with Crippen LogP contribution in [0.5, 0.6) is 0 Å². The van der Waals surface area contributed by atoms with Crippen LogP contribution in [-0.2, 0) is 0 Å². The van der Waals surface area contributed by atoms with Gasteiger partial charge in [-0.2, -0.15) is 0 Å². The standard InChI is InChI=1S/C17H22N2S/c1-2-10-18-17(16-11-20-12-19-16)15-8-6-14(7-9-15)13-4-3-5-13/h6-9,11-13,17-18H,2-5,10H2,1H3. The van der Waals surface area contributed by atoms with Gasteiger partial charge in [0, 0.05) is 5.38 Å². The molecule has 1 aliphatic rings. The third-order valence-corrected chi connectivity index (χ3v) is 4.80. The maximum absolute atomic E-state index is 4.49. The zero-order chi connectivity index (χ0) is 13.8. The van der Waals surface area contributed by atoms with E-state index in [0.717, 1.165) is 24.6 Å². The van der Waals surface area contributed by atoms with Gasteiger partial charge in [-0.1, -0.05) is 37.6 Å². The normalized spacial score (nSPS) is 16.9. The van der Waals surface area contributed by atoms with E-state index < -0.39 is 0 Å². The van der Waals surface area contributed by atoms with Crippen LogP contribution in [0.25, 0.3) is 0 Å². The van der Waals surface area contributed by atoms with Gasteiger partial charge in [-0.05, 0) is 42.9 Å². The smallest absolute Gasteiger partial charge is 0.0795 e. The average Bonchev–Trinajstić information content (AvgIpc) is 2.93. The third kappa shape index (κ3) is 2.94. The Morgan fingerprint density at radius 3 is 2.65 bits per heavy atom. The summed E-state index contributed by atoms with van der Waals surface area (Å²) in [5, 5.41) is 5.75. The molecule has 1 saturated carbocycles. The van der Waals surface area contributed by atoms with E-state index in [-0.39, 0.29) is 6.04 Å². The number of benzene rings is 1. The van der Waals surface area contributed by atoms with Crippen LogP contribution in [0, 0.1) is 0 Å². The molecule has 106 valence electrons. The lowest BCUT2D eigenvalue weighted by Crippen LogP contribution is -2.23. The second-order valence-electron chi connectivity index (χ2n) is 5.59. The van der Waals surface area contributed by atoms with E-state index in [1.165, 1.54) is 30.4 Å². The number of nitrogens with zero attached hydrogens (tertiary/aromatic N) is 1. The molecule has 3 rings (SSSR count). The lowest BCUT2D eigenvalue weighted by atomic mass is 9.80. The number of hydrogen-bond donors (Lipinski definition) is 1. The van der Waals surface area contributed by atoms with Gasteiger partial charge in [0.1, 0.15) is 0 Å². The summed E-state index contributed by atoms with van der Waals surface area (Å²) >= 11 is 1.67. The van der Waals surface area contributed by atoms with Crippen molar-refractivity contribution < 1.29 is 0 Å². The third-order valence-electron chi connectivity index (χ3n) is 4.19. The van der Waals surface area contributed by atoms with Gasteiger partial charge in [-0.25, -0.2) is 4.98 Å². The monoisotopic (exact) mass is 286 g/mol. The highest BCUT2D eigenvalue weighted by Gasteiger charge is 2.20. The molecule has 1 aromatic carbocycles. The summed E-state index contributed by atoms with van der Waals surface area (Å²) in [6.45, 7) is 3.22. The maximum atomic E-state index is 4.49. The SMILES string of the molecule is CCCNC(c1ccc(C2CCC2)cc1)c1cscn1. The molecule has 3 heteroatoms. The highest BCUT2D eigenvalue weighted by atomic mass is 32.1. The topological polar surface area (TPSA) is 24.9 Å². The first-order valence-electron chi connectivity index (χ1n) is 7.60. The Morgan fingerprint density at radius 1 is 1.30 bits per heavy atom. The van der Waals surface area contributed by atoms with Gasteiger partial charge in [0.05, 0.1) is 17.2 Å². The van der Waals surface area contributed by atoms with Crippen LogP contribution in [0.15, 0.2) is 35.2 Å². The van der Waals surface area contributed by atoms with Crippen LogP contribution in [0.2, 0.25) is 0 Å². The average molecular weight is 286 g/mol. The Labute approximate surface area is 125 Å². The van der Waals surface area contributed by atoms with Crippen molar-refractivity contribution in [3.63, 3.8) is 0 Å². The molecule has 0 bridgehead atoms. The molecule has 1 heterocycles. The first kappa shape index (κ1) is 13.8. The minimum Gasteiger partial charge on any atom is -0.305 e. The predicted octanol–water partition coefficient (Wildman–Crippen LogP) is 4.50. The van der Waals surface area contributed by atoms with Gasteiger partial charge in [0.15, 0.2) is 0 Å². The predicted molar refractivity (Wildman–Crippen MR) is 85.3 cm³/mol. The van der Waals surface area contributed by atoms with E-state index in [2.05, 4.69) is 46.9 Å². The molecule has 0 radical (unpaired) electrons. The summed E-state index contributed by atoms with van der Waals surface area (Å²) in [5.41, 5.74) is 5.89. The molecule has 1 unspecified atom stereocenters. The Balaban J connectivity index is 1.79. The van der Waals surface area contributed by atoms with Gasteiger partial charge in [0.2, 0.25) is 0 Å². The highest BCUT2D eigenvalue weighted by molar-refractivity contribution is 7.07. The van der Waals surface area contributed by atoms with Crippen molar-refractivity contribution in [2.45, 2.75) is 44.6 Å². The maximum Gasteiger partial charge on any atom is 0.0795 e. The Morgan fingerprint density at radius 2 is 2.10 bits per heavy atom. The molecular formula is C17H22N2S. The molecule has 0 aliphatic heterocycles. The number of rotatable bonds is 6. The molecule has 2 nitrogen and oxygen atoms in total. The van der Waals surface area contributed by atoms with Crippen molar-refractivity contribution in [1.29, 1.82) is 0 Å². The van der Waals surface area contributed by atoms with Gasteiger partial charge in [0.25, 0.3) is 0 Å². The van der Waals surface area contributed by atoms with Gasteiger partial charge in [-0.3, -0.25) is 0 Å². The molecule has 1 N–H and O–H groups in total. The fraction of sp³-hybridized carbons (Fsp3) is 0.471. The number of aromatic nitrogens is 1. The first-order valence-corrected chi connectivity index (χ1v) is 8.54. The molecular weight excluding hydrogens is 264 g/mol. The Kier molecular flexibility index (Phi) is 4.48. The van der Waals surface area contributed by atoms with E-state index in [0.29, 0.717) is 0 Å². The van der Waals surface area contributed by atoms with Gasteiger partial charge >= 0.3 is 0 Å². The van der Waals surface area contributed by atoms with Crippen molar-refractivity contribution in [3.05, 3.63) is 52.0 Å². The number of thiazole rings is 1. The molecule has 1 fully saturated rings. The molecule has 0 amide bonds. The summed E-state index contributed by atoms with van der Waals surface area (Å²) in [6.07, 6.45) is 5.26. The lowest BCUT2D eigenvalue weighted by molar-refractivity contribution is 0.419. The van der Waals surface area contributed by atoms with Gasteiger partial charge < -0.3 is 5.32 Å². The van der Waals surface area contributed by atoms with Crippen LogP contribution in [0.4, 0.5) is 0 Å². The van der Waals surface area contributed by atoms with E-state index >= 15 is 0 Å². The van der Waals surface area contributed by atoms with Crippen LogP contribution in [-0.4, -0.2) is 11.5 Å². The van der Waals surface area contributed by atoms with Crippen LogP contribution in [0.3, 0.4) is 0 Å². The largest absolute Gasteiger partial charge is 0.305 e. The molecule has 1 aliphatic carbocycles. The van der Waals surface area contributed by atoms with E-state index in [4.69, 9.17) is 0 Å². The van der Waals surface area contributed by atoms with E-state index in [9.17, 15) is 0 Å². The first-order chi connectivity index (χ1) is 9.88. The van der Waals surface area contributed by atoms with Crippen LogP contribution in [0.1, 0.15) is 61.4 Å². The number of hydrogen-bond acceptors (Lipinski definition) is 3. The van der Waals surface area contributed by atoms with Crippen molar-refractivity contribution in [2.75, 3.05) is 6.54 Å². The summed E-state index contributed by atoms with van der Waals surface area (Å²) in [6, 6.07) is 9.41. The Bertz CT molecular complexity index is 514. The van der Waals surface area contributed by atoms with Crippen molar-refractivity contribution in [1.82, 2.24) is 10.3 Å². The molecule has 2 aromatic rings. The van der Waals surface area contributed by atoms with Crippen molar-refractivity contribution >= 4 is 11.3 Å². The zero-order valence-corrected chi connectivity index (χ0v) is 12.8. The molecule has 0 spiro atoms. The highest BCUT2D eigenvalue weighted by Crippen LogP contribution is 2.36. The molecule has 0 saturated heterocycles. The van der Waals surface area contributed by atoms with Crippen LogP contribution >= 0.6 is 11.3 Å². The second kappa shape index (κ2) is 6.51. The molecule has 1 aromatic heterocycles. The second-order valence-corrected chi connectivity index (χ2v) is 6.31. The van der Waals surface area contributed by atoms with E-state index in [1.54, 1.807) is 11.3 Å². The van der Waals surface area contributed by atoms with Crippen LogP contribution < -0.4 is 5.32 Å². The minimum atomic E-state index is 0.233. The quantitative estimate of drug-likeness (QED) is 0.845. The summed E-state index contributed by atoms with van der Waals surface area (Å²) in [7, 11) is 0. The van der Waals surface area contributed by atoms with Crippen molar-refractivity contribution in [3.8, 4) is 0 Å². The van der Waals surface area contributed by atoms with E-state index in [1.807, 2.05) is 5.51 Å². The van der Waals surface area contributed by atoms with Crippen molar-refractivity contribution in [2.24, 2.45) is 0 Å². The van der Waals surface area contributed by atoms with Gasteiger partial charge in [-0.15, -0.1) is 11.3 Å². The zero-order valence-electron chi connectivity index (χ0n) is 12.0. The molecule has 20 heavy (non-hydrogen) atoms. The lowest BCUT2D eigenvalue weighted by Gasteiger charge is -2.26. The summed E-state index contributed by atoms with van der Waals surface area (Å²) < 4.78 is 0.